The molecule has 12 heteroatoms. The van der Waals surface area contributed by atoms with Gasteiger partial charge >= 0.3 is 0 Å². The van der Waals surface area contributed by atoms with Crippen molar-refractivity contribution in [3.8, 4) is 17.1 Å². The summed E-state index contributed by atoms with van der Waals surface area (Å²) >= 11 is 1.70. The van der Waals surface area contributed by atoms with Gasteiger partial charge in [0, 0.05) is 50.1 Å². The average molecular weight is 604 g/mol. The van der Waals surface area contributed by atoms with Crippen LogP contribution in [0.3, 0.4) is 0 Å². The number of carbonyl (C=O) groups excluding carboxylic acids is 1. The molecule has 1 fully saturated rings. The van der Waals surface area contributed by atoms with E-state index in [0.29, 0.717) is 29.4 Å². The van der Waals surface area contributed by atoms with E-state index in [0.717, 1.165) is 67.4 Å². The number of hydrogen-bond donors (Lipinski definition) is 3. The third-order valence-corrected chi connectivity index (χ3v) is 8.30. The second kappa shape index (κ2) is 14.0. The van der Waals surface area contributed by atoms with Gasteiger partial charge in [0.05, 0.1) is 17.9 Å². The summed E-state index contributed by atoms with van der Waals surface area (Å²) in [5, 5.41) is 13.4. The molecule has 2 aromatic carbocycles. The van der Waals surface area contributed by atoms with Crippen molar-refractivity contribution in [3.05, 3.63) is 81.5 Å². The predicted octanol–water partition coefficient (Wildman–Crippen LogP) is 4.09. The number of aromatic amines is 1. The highest BCUT2D eigenvalue weighted by Crippen LogP contribution is 2.34. The maximum absolute atomic E-state index is 13.1. The first kappa shape index (κ1) is 30.5. The van der Waals surface area contributed by atoms with Gasteiger partial charge in [-0.05, 0) is 67.6 Å². The Morgan fingerprint density at radius 1 is 1.14 bits per heavy atom. The molecule has 0 radical (unpaired) electrons. The van der Waals surface area contributed by atoms with Crippen molar-refractivity contribution >= 4 is 29.4 Å². The summed E-state index contributed by atoms with van der Waals surface area (Å²) in [5.41, 5.74) is 5.37. The third-order valence-electron chi connectivity index (χ3n) is 7.21. The Morgan fingerprint density at radius 3 is 2.60 bits per heavy atom. The van der Waals surface area contributed by atoms with Gasteiger partial charge < -0.3 is 9.72 Å². The van der Waals surface area contributed by atoms with Gasteiger partial charge in [-0.25, -0.2) is 19.3 Å². The Balaban J connectivity index is 1.26. The maximum atomic E-state index is 13.1. The zero-order chi connectivity index (χ0) is 30.3. The van der Waals surface area contributed by atoms with Crippen LogP contribution in [0.4, 0.5) is 0 Å². The number of carbonyl (C=O) groups is 1. The number of fused-ring (bicyclic) bond motifs is 1. The fourth-order valence-electron chi connectivity index (χ4n) is 5.10. The van der Waals surface area contributed by atoms with E-state index in [-0.39, 0.29) is 5.56 Å². The van der Waals surface area contributed by atoms with Crippen LogP contribution in [0.1, 0.15) is 42.9 Å². The molecule has 0 saturated carbocycles. The SMILES string of the molecule is CCCc1nc(C)c2c(=O)[nH]c(-c3cc(SN4CCN(Cc5ccc(/C=C/C(=O)NO)cc5)CC4)ccc3OCC)nn12. The number of piperazine rings is 1. The number of ether oxygens (including phenoxy) is 1. The van der Waals surface area contributed by atoms with Crippen LogP contribution in [-0.2, 0) is 17.8 Å². The number of H-pyrrole nitrogens is 1. The van der Waals surface area contributed by atoms with Crippen LogP contribution in [0.5, 0.6) is 5.75 Å². The summed E-state index contributed by atoms with van der Waals surface area (Å²) in [6.07, 6.45) is 4.59. The molecule has 1 saturated heterocycles. The number of rotatable bonds is 11. The fourth-order valence-corrected chi connectivity index (χ4v) is 6.05. The summed E-state index contributed by atoms with van der Waals surface area (Å²) < 4.78 is 9.97. The molecule has 3 N–H and O–H groups in total. The van der Waals surface area contributed by atoms with Crippen LogP contribution in [-0.4, -0.2) is 72.7 Å². The number of aromatic nitrogens is 4. The quantitative estimate of drug-likeness (QED) is 0.101. The molecular formula is C31H37N7O4S. The van der Waals surface area contributed by atoms with Crippen LogP contribution in [0.15, 0.2) is 58.2 Å². The Labute approximate surface area is 254 Å². The lowest BCUT2D eigenvalue weighted by Crippen LogP contribution is -2.42. The minimum atomic E-state index is -0.556. The van der Waals surface area contributed by atoms with Gasteiger partial charge in [0.2, 0.25) is 0 Å². The smallest absolute Gasteiger partial charge is 0.277 e. The number of nitrogens with zero attached hydrogens (tertiary/aromatic N) is 5. The lowest BCUT2D eigenvalue weighted by molar-refractivity contribution is -0.124. The van der Waals surface area contributed by atoms with Gasteiger partial charge in [-0.1, -0.05) is 31.2 Å². The van der Waals surface area contributed by atoms with Crippen molar-refractivity contribution in [2.75, 3.05) is 32.8 Å². The van der Waals surface area contributed by atoms with E-state index in [9.17, 15) is 9.59 Å². The highest BCUT2D eigenvalue weighted by molar-refractivity contribution is 7.97. The molecule has 11 nitrogen and oxygen atoms in total. The average Bonchev–Trinajstić information content (AvgIpc) is 3.33. The molecule has 3 heterocycles. The lowest BCUT2D eigenvalue weighted by Gasteiger charge is -2.34. The Bertz CT molecular complexity index is 1660. The number of hydrogen-bond acceptors (Lipinski definition) is 9. The lowest BCUT2D eigenvalue weighted by atomic mass is 10.1. The summed E-state index contributed by atoms with van der Waals surface area (Å²) in [7, 11) is 0. The first-order valence-electron chi connectivity index (χ1n) is 14.5. The molecule has 1 amide bonds. The minimum Gasteiger partial charge on any atom is -0.493 e. The van der Waals surface area contributed by atoms with Crippen molar-refractivity contribution in [2.45, 2.75) is 45.1 Å². The van der Waals surface area contributed by atoms with Crippen molar-refractivity contribution in [1.29, 1.82) is 0 Å². The Kier molecular flexibility index (Phi) is 9.93. The van der Waals surface area contributed by atoms with Crippen LogP contribution >= 0.6 is 11.9 Å². The molecule has 0 bridgehead atoms. The number of imidazole rings is 1. The van der Waals surface area contributed by atoms with Gasteiger partial charge in [-0.2, -0.15) is 0 Å². The molecule has 0 atom stereocenters. The van der Waals surface area contributed by atoms with E-state index < -0.39 is 5.91 Å². The Hall–Kier alpha value is -3.97. The normalized spacial score (nSPS) is 14.5. The molecule has 43 heavy (non-hydrogen) atoms. The number of aryl methyl sites for hydroxylation is 2. The topological polar surface area (TPSA) is 128 Å². The molecule has 226 valence electrons. The third kappa shape index (κ3) is 7.34. The standard InChI is InChI=1S/C31H37N7O4S/c1-4-6-27-32-21(3)29-31(40)33-30(34-38(27)29)25-19-24(12-13-26(25)42-5-2)43-37-17-15-36(16-18-37)20-23-9-7-22(8-10-23)11-14-28(39)35-41/h7-14,19,41H,4-6,15-18,20H2,1-3H3,(H,35,39)(H,33,34,40)/b14-11+. The molecule has 2 aromatic heterocycles. The molecule has 1 aliphatic heterocycles. The molecule has 5 rings (SSSR count). The highest BCUT2D eigenvalue weighted by Gasteiger charge is 2.20. The van der Waals surface area contributed by atoms with Crippen molar-refractivity contribution < 1.29 is 14.7 Å². The second-order valence-corrected chi connectivity index (χ2v) is 11.5. The van der Waals surface area contributed by atoms with Crippen molar-refractivity contribution in [3.63, 3.8) is 0 Å². The van der Waals surface area contributed by atoms with E-state index in [1.54, 1.807) is 28.0 Å². The van der Waals surface area contributed by atoms with Gasteiger partial charge in [0.15, 0.2) is 11.3 Å². The highest BCUT2D eigenvalue weighted by atomic mass is 32.2. The van der Waals surface area contributed by atoms with E-state index in [2.05, 4.69) is 38.2 Å². The van der Waals surface area contributed by atoms with Crippen LogP contribution in [0, 0.1) is 6.92 Å². The fraction of sp³-hybridized carbons (Fsp3) is 0.355. The molecule has 0 unspecified atom stereocenters. The van der Waals surface area contributed by atoms with Gasteiger partial charge in [-0.3, -0.25) is 19.7 Å². The molecule has 4 aromatic rings. The molecule has 0 spiro atoms. The first-order valence-corrected chi connectivity index (χ1v) is 15.3. The van der Waals surface area contributed by atoms with E-state index in [4.69, 9.17) is 15.0 Å². The van der Waals surface area contributed by atoms with Crippen molar-refractivity contribution in [2.24, 2.45) is 0 Å². The summed E-state index contributed by atoms with van der Waals surface area (Å²) in [6, 6.07) is 14.1. The van der Waals surface area contributed by atoms with E-state index in [1.807, 2.05) is 44.2 Å². The van der Waals surface area contributed by atoms with Gasteiger partial charge in [0.1, 0.15) is 11.6 Å². The van der Waals surface area contributed by atoms with E-state index in [1.165, 1.54) is 11.6 Å². The van der Waals surface area contributed by atoms with Gasteiger partial charge in [0.25, 0.3) is 11.5 Å². The summed E-state index contributed by atoms with van der Waals surface area (Å²) in [5.74, 6) is 1.36. The molecule has 1 aliphatic rings. The monoisotopic (exact) mass is 603 g/mol. The number of benzene rings is 2. The number of nitrogens with one attached hydrogen (secondary N) is 2. The van der Waals surface area contributed by atoms with Crippen LogP contribution in [0.2, 0.25) is 0 Å². The molecule has 0 aliphatic carbocycles. The zero-order valence-corrected chi connectivity index (χ0v) is 25.5. The maximum Gasteiger partial charge on any atom is 0.277 e. The number of hydroxylamine groups is 1. The van der Waals surface area contributed by atoms with Crippen LogP contribution < -0.4 is 15.8 Å². The largest absolute Gasteiger partial charge is 0.493 e. The predicted molar refractivity (Wildman–Crippen MR) is 167 cm³/mol. The van der Waals surface area contributed by atoms with E-state index >= 15 is 0 Å². The van der Waals surface area contributed by atoms with Gasteiger partial charge in [-0.15, -0.1) is 5.10 Å². The molecular weight excluding hydrogens is 566 g/mol. The zero-order valence-electron chi connectivity index (χ0n) is 24.7. The Morgan fingerprint density at radius 2 is 1.91 bits per heavy atom. The number of amides is 1. The minimum absolute atomic E-state index is 0.214. The second-order valence-electron chi connectivity index (χ2n) is 10.4. The summed E-state index contributed by atoms with van der Waals surface area (Å²) in [4.78, 5) is 35.3. The van der Waals surface area contributed by atoms with Crippen LogP contribution in [0.25, 0.3) is 23.0 Å². The first-order chi connectivity index (χ1) is 20.9. The summed E-state index contributed by atoms with van der Waals surface area (Å²) in [6.45, 7) is 10.9. The van der Waals surface area contributed by atoms with Crippen molar-refractivity contribution in [1.82, 2.24) is 34.3 Å².